The first-order valence-electron chi connectivity index (χ1n) is 14.1. The molecule has 21 nitrogen and oxygen atoms in total. The molecule has 45 heavy (non-hydrogen) atoms. The van der Waals surface area contributed by atoms with E-state index in [-0.39, 0.29) is 0 Å². The molecule has 4 aliphatic heterocycles. The number of aliphatic hydroxyl groups is 14. The lowest BCUT2D eigenvalue weighted by molar-refractivity contribution is -0.407. The maximum Gasteiger partial charge on any atom is 0.187 e. The van der Waals surface area contributed by atoms with E-state index in [0.29, 0.717) is 0 Å². The Bertz CT molecular complexity index is 914. The fourth-order valence-electron chi connectivity index (χ4n) is 5.49. The van der Waals surface area contributed by atoms with Crippen molar-refractivity contribution in [2.75, 3.05) is 26.4 Å². The maximum absolute atomic E-state index is 11.1. The van der Waals surface area contributed by atoms with E-state index in [1.54, 1.807) is 0 Å². The van der Waals surface area contributed by atoms with E-state index in [9.17, 15) is 71.5 Å². The molecule has 21 heteroatoms. The summed E-state index contributed by atoms with van der Waals surface area (Å²) in [7, 11) is 0. The second-order valence-corrected chi connectivity index (χ2v) is 11.1. The standard InChI is InChI=1S/C24H42O21/c25-1-5-11(31)15(35)19(21(38)39-5)44-24-20(45-23-17(37)14(34)10(30)7(3-27)41-23)18(12(32)8(4-28)42-24)43-22-16(36)13(33)9(29)6(2-26)40-22/h5-38H,1-4H2/t5-,6-,7-,8-,9+,10-,11-,12-,13+,14+,15+,16-,17+,18+,19+,20+,21+,22-,23-,24-/m1/s1. The average molecular weight is 667 g/mol. The third kappa shape index (κ3) is 7.44. The van der Waals surface area contributed by atoms with E-state index in [2.05, 4.69) is 0 Å². The number of hydrogen-bond acceptors (Lipinski definition) is 21. The third-order valence-corrected chi connectivity index (χ3v) is 8.21. The molecule has 0 aromatic heterocycles. The summed E-state index contributed by atoms with van der Waals surface area (Å²) < 4.78 is 38.5. The first-order valence-corrected chi connectivity index (χ1v) is 14.1. The van der Waals surface area contributed by atoms with Crippen molar-refractivity contribution in [2.45, 2.75) is 123 Å². The van der Waals surface area contributed by atoms with Crippen LogP contribution in [0.25, 0.3) is 0 Å². The summed E-state index contributed by atoms with van der Waals surface area (Å²) in [6, 6.07) is 0. The molecule has 0 bridgehead atoms. The molecule has 0 radical (unpaired) electrons. The van der Waals surface area contributed by atoms with Gasteiger partial charge >= 0.3 is 0 Å². The Morgan fingerprint density at radius 2 is 0.689 bits per heavy atom. The monoisotopic (exact) mass is 666 g/mol. The molecule has 0 spiro atoms. The first kappa shape index (κ1) is 37.0. The van der Waals surface area contributed by atoms with Crippen molar-refractivity contribution in [1.29, 1.82) is 0 Å². The van der Waals surface area contributed by atoms with Crippen LogP contribution in [0.3, 0.4) is 0 Å². The minimum absolute atomic E-state index is 0.807. The van der Waals surface area contributed by atoms with Gasteiger partial charge in [-0.2, -0.15) is 0 Å². The van der Waals surface area contributed by atoms with Gasteiger partial charge < -0.3 is 105 Å². The Labute approximate surface area is 254 Å². The lowest BCUT2D eigenvalue weighted by Crippen LogP contribution is -2.68. The predicted octanol–water partition coefficient (Wildman–Crippen LogP) is -9.75. The minimum atomic E-state index is -2.04. The van der Waals surface area contributed by atoms with Crippen LogP contribution in [0.2, 0.25) is 0 Å². The van der Waals surface area contributed by atoms with Crippen molar-refractivity contribution >= 4 is 0 Å². The van der Waals surface area contributed by atoms with Gasteiger partial charge in [-0.1, -0.05) is 0 Å². The molecule has 4 heterocycles. The Hall–Kier alpha value is -0.840. The zero-order valence-corrected chi connectivity index (χ0v) is 23.5. The van der Waals surface area contributed by atoms with Crippen molar-refractivity contribution in [3.05, 3.63) is 0 Å². The number of hydrogen-bond donors (Lipinski definition) is 14. The number of ether oxygens (including phenoxy) is 7. The average Bonchev–Trinajstić information content (AvgIpc) is 3.03. The van der Waals surface area contributed by atoms with Crippen LogP contribution >= 0.6 is 0 Å². The van der Waals surface area contributed by atoms with Gasteiger partial charge in [-0.15, -0.1) is 0 Å². The van der Waals surface area contributed by atoms with Crippen LogP contribution < -0.4 is 0 Å². The summed E-state index contributed by atoms with van der Waals surface area (Å²) in [6.07, 6.45) is -36.9. The van der Waals surface area contributed by atoms with E-state index in [4.69, 9.17) is 33.2 Å². The molecule has 0 aromatic rings. The van der Waals surface area contributed by atoms with Crippen LogP contribution in [0.5, 0.6) is 0 Å². The predicted molar refractivity (Wildman–Crippen MR) is 134 cm³/mol. The van der Waals surface area contributed by atoms with Crippen molar-refractivity contribution in [3.63, 3.8) is 0 Å². The van der Waals surface area contributed by atoms with Crippen molar-refractivity contribution in [2.24, 2.45) is 0 Å². The van der Waals surface area contributed by atoms with Crippen LogP contribution in [0.15, 0.2) is 0 Å². The zero-order valence-electron chi connectivity index (χ0n) is 23.5. The number of rotatable bonds is 10. The Kier molecular flexibility index (Phi) is 12.8. The van der Waals surface area contributed by atoms with Crippen LogP contribution in [-0.2, 0) is 33.2 Å². The molecule has 4 rings (SSSR count). The second-order valence-electron chi connectivity index (χ2n) is 11.1. The maximum atomic E-state index is 11.1. The molecule has 0 unspecified atom stereocenters. The molecule has 0 aliphatic carbocycles. The highest BCUT2D eigenvalue weighted by atomic mass is 16.8. The summed E-state index contributed by atoms with van der Waals surface area (Å²) in [5, 5.41) is 143. The molecular weight excluding hydrogens is 624 g/mol. The van der Waals surface area contributed by atoms with Gasteiger partial charge in [0.2, 0.25) is 0 Å². The summed E-state index contributed by atoms with van der Waals surface area (Å²) in [4.78, 5) is 0. The summed E-state index contributed by atoms with van der Waals surface area (Å²) in [5.41, 5.74) is 0. The quantitative estimate of drug-likeness (QED) is 0.103. The molecule has 264 valence electrons. The molecular formula is C24H42O21. The SMILES string of the molecule is OC[C@H]1O[C@H](O[C@H]2[C@H](O)[C@@H](CO)O[C@H](O[C@H]3[C@@H](O)[C@H](O)[C@@H](CO)O[C@@H]3O)[C@H]2O[C@H]2O[C@H](CO)[C@@H](O)[C@H](O)[C@@H]2O)[C@H](O)[C@@H](O)[C@H]1O. The Balaban J connectivity index is 1.68. The topological polar surface area (TPSA) is 348 Å². The van der Waals surface area contributed by atoms with Crippen LogP contribution in [0, 0.1) is 0 Å². The summed E-state index contributed by atoms with van der Waals surface area (Å²) in [5.74, 6) is 0. The van der Waals surface area contributed by atoms with Gasteiger partial charge in [0.25, 0.3) is 0 Å². The molecule has 4 saturated heterocycles. The normalized spacial score (nSPS) is 52.9. The molecule has 4 aliphatic rings. The van der Waals surface area contributed by atoms with Crippen LogP contribution in [0.4, 0.5) is 0 Å². The lowest BCUT2D eigenvalue weighted by Gasteiger charge is -2.50. The third-order valence-electron chi connectivity index (χ3n) is 8.21. The van der Waals surface area contributed by atoms with Crippen molar-refractivity contribution < 1.29 is 105 Å². The van der Waals surface area contributed by atoms with Crippen molar-refractivity contribution in [3.8, 4) is 0 Å². The smallest absolute Gasteiger partial charge is 0.187 e. The lowest BCUT2D eigenvalue weighted by atomic mass is 9.95. The molecule has 0 aromatic carbocycles. The van der Waals surface area contributed by atoms with Gasteiger partial charge in [0.15, 0.2) is 25.2 Å². The van der Waals surface area contributed by atoms with Gasteiger partial charge in [-0.25, -0.2) is 0 Å². The highest BCUT2D eigenvalue weighted by molar-refractivity contribution is 4.98. The van der Waals surface area contributed by atoms with Gasteiger partial charge in [0.05, 0.1) is 26.4 Å². The Morgan fingerprint density at radius 3 is 1.16 bits per heavy atom. The van der Waals surface area contributed by atoms with Gasteiger partial charge in [0.1, 0.15) is 97.7 Å². The van der Waals surface area contributed by atoms with E-state index < -0.39 is 149 Å². The second kappa shape index (κ2) is 15.6. The molecule has 4 fully saturated rings. The number of aliphatic hydroxyl groups excluding tert-OH is 14. The molecule has 0 saturated carbocycles. The van der Waals surface area contributed by atoms with E-state index in [1.165, 1.54) is 0 Å². The van der Waals surface area contributed by atoms with Gasteiger partial charge in [-0.3, -0.25) is 0 Å². The fourth-order valence-corrected chi connectivity index (χ4v) is 5.49. The molecule has 20 atom stereocenters. The van der Waals surface area contributed by atoms with E-state index in [1.807, 2.05) is 0 Å². The van der Waals surface area contributed by atoms with E-state index in [0.717, 1.165) is 0 Å². The molecule has 14 N–H and O–H groups in total. The fraction of sp³-hybridized carbons (Fsp3) is 1.00. The summed E-state index contributed by atoms with van der Waals surface area (Å²) >= 11 is 0. The van der Waals surface area contributed by atoms with Crippen molar-refractivity contribution in [1.82, 2.24) is 0 Å². The first-order chi connectivity index (χ1) is 21.3. The van der Waals surface area contributed by atoms with Crippen LogP contribution in [-0.4, -0.2) is 221 Å². The van der Waals surface area contributed by atoms with Gasteiger partial charge in [-0.05, 0) is 0 Å². The van der Waals surface area contributed by atoms with Gasteiger partial charge in [0, 0.05) is 0 Å². The Morgan fingerprint density at radius 1 is 0.333 bits per heavy atom. The van der Waals surface area contributed by atoms with E-state index >= 15 is 0 Å². The minimum Gasteiger partial charge on any atom is -0.394 e. The molecule has 0 amide bonds. The highest BCUT2D eigenvalue weighted by Gasteiger charge is 2.56. The largest absolute Gasteiger partial charge is 0.394 e. The highest BCUT2D eigenvalue weighted by Crippen LogP contribution is 2.35. The zero-order chi connectivity index (χ0) is 33.3. The van der Waals surface area contributed by atoms with Crippen LogP contribution in [0.1, 0.15) is 0 Å². The summed E-state index contributed by atoms with van der Waals surface area (Å²) in [6.45, 7) is -3.47.